The van der Waals surface area contributed by atoms with E-state index in [9.17, 15) is 0 Å². The molecule has 0 aromatic carbocycles. The molecular weight excluding hydrogens is 198 g/mol. The number of hydrogen-bond donors (Lipinski definition) is 1. The average Bonchev–Trinajstić information content (AvgIpc) is 2.63. The molecule has 88 valence electrons. The Morgan fingerprint density at radius 3 is 2.81 bits per heavy atom. The van der Waals surface area contributed by atoms with Crippen LogP contribution in [0.15, 0.2) is 6.07 Å². The third-order valence-corrected chi connectivity index (χ3v) is 3.30. The molecule has 0 amide bonds. The van der Waals surface area contributed by atoms with Crippen LogP contribution in [0.4, 0.5) is 5.82 Å². The topological polar surface area (TPSA) is 37.8 Å². The predicted molar refractivity (Wildman–Crippen MR) is 66.6 cm³/mol. The molecule has 1 saturated carbocycles. The molecule has 0 spiro atoms. The molecule has 0 saturated heterocycles. The maximum Gasteiger partial charge on any atom is 0.130 e. The summed E-state index contributed by atoms with van der Waals surface area (Å²) >= 11 is 0. The van der Waals surface area contributed by atoms with E-state index >= 15 is 0 Å². The number of rotatable bonds is 3. The molecule has 0 radical (unpaired) electrons. The Balaban J connectivity index is 2.06. The van der Waals surface area contributed by atoms with Gasteiger partial charge in [0.2, 0.25) is 0 Å². The van der Waals surface area contributed by atoms with Crippen molar-refractivity contribution in [3.05, 3.63) is 17.6 Å². The standard InChI is InChI=1S/C13H21N3/c1-4-11-8-13(15-10(3)14-11)16-12-6-5-9(2)7-12/h8-9,12H,4-7H2,1-3H3,(H,14,15,16). The fourth-order valence-electron chi connectivity index (χ4n) is 2.43. The number of aromatic nitrogens is 2. The molecule has 1 aliphatic rings. The van der Waals surface area contributed by atoms with Gasteiger partial charge in [-0.15, -0.1) is 0 Å². The van der Waals surface area contributed by atoms with Crippen LogP contribution in [0.2, 0.25) is 0 Å². The van der Waals surface area contributed by atoms with E-state index in [0.29, 0.717) is 6.04 Å². The Hall–Kier alpha value is -1.12. The van der Waals surface area contributed by atoms with Crippen LogP contribution in [-0.2, 0) is 6.42 Å². The van der Waals surface area contributed by atoms with E-state index in [-0.39, 0.29) is 0 Å². The second-order valence-corrected chi connectivity index (χ2v) is 4.90. The zero-order valence-corrected chi connectivity index (χ0v) is 10.5. The van der Waals surface area contributed by atoms with Crippen molar-refractivity contribution >= 4 is 5.82 Å². The molecule has 2 atom stereocenters. The van der Waals surface area contributed by atoms with Crippen molar-refractivity contribution in [3.63, 3.8) is 0 Å². The predicted octanol–water partition coefficient (Wildman–Crippen LogP) is 2.95. The van der Waals surface area contributed by atoms with Gasteiger partial charge in [0.15, 0.2) is 0 Å². The van der Waals surface area contributed by atoms with Crippen LogP contribution in [0, 0.1) is 12.8 Å². The minimum absolute atomic E-state index is 0.606. The lowest BCUT2D eigenvalue weighted by Crippen LogP contribution is -2.17. The molecule has 3 heteroatoms. The largest absolute Gasteiger partial charge is 0.367 e. The maximum atomic E-state index is 4.45. The lowest BCUT2D eigenvalue weighted by Gasteiger charge is -2.14. The minimum Gasteiger partial charge on any atom is -0.367 e. The first-order valence-electron chi connectivity index (χ1n) is 6.28. The summed E-state index contributed by atoms with van der Waals surface area (Å²) in [6.45, 7) is 6.41. The molecule has 1 aromatic rings. The van der Waals surface area contributed by atoms with Gasteiger partial charge in [-0.2, -0.15) is 0 Å². The highest BCUT2D eigenvalue weighted by molar-refractivity contribution is 5.37. The molecule has 2 rings (SSSR count). The second-order valence-electron chi connectivity index (χ2n) is 4.90. The van der Waals surface area contributed by atoms with E-state index in [2.05, 4.69) is 35.2 Å². The summed E-state index contributed by atoms with van der Waals surface area (Å²) in [7, 11) is 0. The van der Waals surface area contributed by atoms with Crippen molar-refractivity contribution < 1.29 is 0 Å². The maximum absolute atomic E-state index is 4.45. The fraction of sp³-hybridized carbons (Fsp3) is 0.692. The molecule has 0 bridgehead atoms. The van der Waals surface area contributed by atoms with Gasteiger partial charge in [0.25, 0.3) is 0 Å². The number of nitrogens with zero attached hydrogens (tertiary/aromatic N) is 2. The molecule has 2 unspecified atom stereocenters. The molecule has 1 heterocycles. The van der Waals surface area contributed by atoms with E-state index < -0.39 is 0 Å². The summed E-state index contributed by atoms with van der Waals surface area (Å²) in [4.78, 5) is 8.84. The molecule has 1 aromatic heterocycles. The van der Waals surface area contributed by atoms with Gasteiger partial charge in [0, 0.05) is 17.8 Å². The molecule has 0 aliphatic heterocycles. The van der Waals surface area contributed by atoms with Gasteiger partial charge in [-0.1, -0.05) is 13.8 Å². The number of anilines is 1. The monoisotopic (exact) mass is 219 g/mol. The van der Waals surface area contributed by atoms with Crippen molar-refractivity contribution in [3.8, 4) is 0 Å². The first-order chi connectivity index (χ1) is 7.67. The quantitative estimate of drug-likeness (QED) is 0.849. The smallest absolute Gasteiger partial charge is 0.130 e. The Labute approximate surface area is 97.7 Å². The summed E-state index contributed by atoms with van der Waals surface area (Å²) in [5, 5.41) is 3.54. The van der Waals surface area contributed by atoms with Gasteiger partial charge in [0.05, 0.1) is 0 Å². The van der Waals surface area contributed by atoms with Crippen LogP contribution in [0.25, 0.3) is 0 Å². The van der Waals surface area contributed by atoms with Gasteiger partial charge in [-0.25, -0.2) is 9.97 Å². The first-order valence-corrected chi connectivity index (χ1v) is 6.28. The minimum atomic E-state index is 0.606. The van der Waals surface area contributed by atoms with Crippen LogP contribution in [0.5, 0.6) is 0 Å². The van der Waals surface area contributed by atoms with Crippen LogP contribution in [-0.4, -0.2) is 16.0 Å². The van der Waals surface area contributed by atoms with Crippen LogP contribution in [0.3, 0.4) is 0 Å². The average molecular weight is 219 g/mol. The zero-order chi connectivity index (χ0) is 11.5. The Bertz CT molecular complexity index is 362. The number of nitrogens with one attached hydrogen (secondary N) is 1. The van der Waals surface area contributed by atoms with E-state index in [4.69, 9.17) is 0 Å². The van der Waals surface area contributed by atoms with Gasteiger partial charge < -0.3 is 5.32 Å². The third-order valence-electron chi connectivity index (χ3n) is 3.30. The molecular formula is C13H21N3. The van der Waals surface area contributed by atoms with Gasteiger partial charge in [-0.05, 0) is 38.5 Å². The molecule has 16 heavy (non-hydrogen) atoms. The van der Waals surface area contributed by atoms with E-state index in [1.165, 1.54) is 19.3 Å². The van der Waals surface area contributed by atoms with Gasteiger partial charge in [-0.3, -0.25) is 0 Å². The van der Waals surface area contributed by atoms with E-state index in [0.717, 1.165) is 29.7 Å². The molecule has 1 fully saturated rings. The van der Waals surface area contributed by atoms with Crippen molar-refractivity contribution in [1.82, 2.24) is 9.97 Å². The van der Waals surface area contributed by atoms with Crippen molar-refractivity contribution in [1.29, 1.82) is 0 Å². The van der Waals surface area contributed by atoms with Crippen molar-refractivity contribution in [2.75, 3.05) is 5.32 Å². The molecule has 1 aliphatic carbocycles. The zero-order valence-electron chi connectivity index (χ0n) is 10.5. The Morgan fingerprint density at radius 2 is 2.19 bits per heavy atom. The van der Waals surface area contributed by atoms with Gasteiger partial charge >= 0.3 is 0 Å². The lowest BCUT2D eigenvalue weighted by atomic mass is 10.1. The van der Waals surface area contributed by atoms with Crippen molar-refractivity contribution in [2.45, 2.75) is 52.5 Å². The van der Waals surface area contributed by atoms with Crippen LogP contribution < -0.4 is 5.32 Å². The summed E-state index contributed by atoms with van der Waals surface area (Å²) < 4.78 is 0. The van der Waals surface area contributed by atoms with E-state index in [1.54, 1.807) is 0 Å². The van der Waals surface area contributed by atoms with Crippen LogP contribution in [0.1, 0.15) is 44.6 Å². The normalized spacial score (nSPS) is 24.7. The Morgan fingerprint density at radius 1 is 1.38 bits per heavy atom. The summed E-state index contributed by atoms with van der Waals surface area (Å²) in [5.74, 6) is 2.72. The van der Waals surface area contributed by atoms with Gasteiger partial charge in [0.1, 0.15) is 11.6 Å². The summed E-state index contributed by atoms with van der Waals surface area (Å²) in [6.07, 6.45) is 4.84. The van der Waals surface area contributed by atoms with Crippen LogP contribution >= 0.6 is 0 Å². The third kappa shape index (κ3) is 2.71. The highest BCUT2D eigenvalue weighted by Crippen LogP contribution is 2.27. The van der Waals surface area contributed by atoms with Crippen molar-refractivity contribution in [2.24, 2.45) is 5.92 Å². The van der Waals surface area contributed by atoms with E-state index in [1.807, 2.05) is 6.92 Å². The summed E-state index contributed by atoms with van der Waals surface area (Å²) in [6, 6.07) is 2.68. The summed E-state index contributed by atoms with van der Waals surface area (Å²) in [5.41, 5.74) is 1.13. The fourth-order valence-corrected chi connectivity index (χ4v) is 2.43. The highest BCUT2D eigenvalue weighted by Gasteiger charge is 2.21. The number of aryl methyl sites for hydroxylation is 2. The SMILES string of the molecule is CCc1cc(NC2CCC(C)C2)nc(C)n1. The lowest BCUT2D eigenvalue weighted by molar-refractivity contribution is 0.602. The first kappa shape index (κ1) is 11.4. The number of hydrogen-bond acceptors (Lipinski definition) is 3. The molecule has 1 N–H and O–H groups in total. The Kier molecular flexibility index (Phi) is 3.42. The molecule has 3 nitrogen and oxygen atoms in total. The highest BCUT2D eigenvalue weighted by atomic mass is 15.0. The second kappa shape index (κ2) is 4.81.